The molecule has 1 rings (SSSR count). The smallest absolute Gasteiger partial charge is 0.306 e. The summed E-state index contributed by atoms with van der Waals surface area (Å²) >= 11 is 4.01. The highest BCUT2D eigenvalue weighted by Gasteiger charge is 2.33. The summed E-state index contributed by atoms with van der Waals surface area (Å²) in [5.74, 6) is -0.0369. The lowest BCUT2D eigenvalue weighted by atomic mass is 9.84. The van der Waals surface area contributed by atoms with E-state index in [2.05, 4.69) is 12.6 Å². The summed E-state index contributed by atoms with van der Waals surface area (Å²) in [6, 6.07) is 0. The van der Waals surface area contributed by atoms with E-state index in [1.807, 2.05) is 0 Å². The molecule has 0 amide bonds. The van der Waals surface area contributed by atoms with Gasteiger partial charge in [-0.1, -0.05) is 0 Å². The average molecular weight is 258 g/mol. The predicted octanol–water partition coefficient (Wildman–Crippen LogP) is 1.57. The van der Waals surface area contributed by atoms with Gasteiger partial charge >= 0.3 is 5.97 Å². The lowest BCUT2D eigenvalue weighted by Crippen LogP contribution is -2.35. The quantitative estimate of drug-likeness (QED) is 0.600. The minimum Gasteiger partial charge on any atom is -0.462 e. The zero-order valence-electron chi connectivity index (χ0n) is 9.98. The van der Waals surface area contributed by atoms with Crippen LogP contribution in [0.15, 0.2) is 0 Å². The molecule has 0 aromatic heterocycles. The largest absolute Gasteiger partial charge is 0.462 e. The second-order valence-electron chi connectivity index (χ2n) is 4.34. The van der Waals surface area contributed by atoms with Crippen LogP contribution >= 0.6 is 12.6 Å². The maximum absolute atomic E-state index is 11.6. The lowest BCUT2D eigenvalue weighted by molar-refractivity contribution is -0.154. The number of ether oxygens (including phenoxy) is 1. The Morgan fingerprint density at radius 2 is 2.18 bits per heavy atom. The van der Waals surface area contributed by atoms with Gasteiger partial charge in [0.1, 0.15) is 17.7 Å². The predicted molar refractivity (Wildman–Crippen MR) is 66.0 cm³/mol. The third-order valence-electron chi connectivity index (χ3n) is 2.93. The average Bonchev–Trinajstić information content (AvgIpc) is 2.29. The Balaban J connectivity index is 2.45. The molecule has 1 fully saturated rings. The highest BCUT2D eigenvalue weighted by molar-refractivity contribution is 7.80. The second kappa shape index (κ2) is 6.79. The number of rotatable bonds is 5. The van der Waals surface area contributed by atoms with Gasteiger partial charge in [-0.3, -0.25) is 14.4 Å². The number of thiol groups is 1. The fourth-order valence-corrected chi connectivity index (χ4v) is 2.07. The first-order valence-electron chi connectivity index (χ1n) is 5.89. The van der Waals surface area contributed by atoms with E-state index in [9.17, 15) is 14.4 Å². The zero-order chi connectivity index (χ0) is 12.8. The summed E-state index contributed by atoms with van der Waals surface area (Å²) in [4.78, 5) is 34.3. The highest BCUT2D eigenvalue weighted by atomic mass is 32.1. The topological polar surface area (TPSA) is 60.4 Å². The molecule has 1 aliphatic rings. The van der Waals surface area contributed by atoms with Crippen LogP contribution in [0.3, 0.4) is 0 Å². The summed E-state index contributed by atoms with van der Waals surface area (Å²) in [7, 11) is 0. The monoisotopic (exact) mass is 258 g/mol. The Hall–Kier alpha value is -0.840. The van der Waals surface area contributed by atoms with Crippen molar-refractivity contribution in [3.63, 3.8) is 0 Å². The van der Waals surface area contributed by atoms with Gasteiger partial charge in [0.15, 0.2) is 0 Å². The molecule has 0 radical (unpaired) electrons. The van der Waals surface area contributed by atoms with Crippen molar-refractivity contribution in [1.82, 2.24) is 0 Å². The number of carbonyl (C=O) groups is 3. The van der Waals surface area contributed by atoms with Gasteiger partial charge in [0, 0.05) is 25.7 Å². The van der Waals surface area contributed by atoms with E-state index < -0.39 is 12.0 Å². The van der Waals surface area contributed by atoms with Crippen molar-refractivity contribution in [3.05, 3.63) is 0 Å². The van der Waals surface area contributed by atoms with Crippen LogP contribution in [0.5, 0.6) is 0 Å². The number of carbonyl (C=O) groups excluding carboxylic acids is 3. The molecule has 0 spiro atoms. The molecule has 1 aliphatic carbocycles. The first kappa shape index (κ1) is 14.2. The molecule has 0 N–H and O–H groups in total. The fourth-order valence-electron chi connectivity index (χ4n) is 1.91. The van der Waals surface area contributed by atoms with Gasteiger partial charge in [-0.15, -0.1) is 0 Å². The minimum atomic E-state index is -0.501. The van der Waals surface area contributed by atoms with Gasteiger partial charge in [0.25, 0.3) is 0 Å². The molecule has 17 heavy (non-hydrogen) atoms. The van der Waals surface area contributed by atoms with Crippen LogP contribution in [-0.4, -0.2) is 29.4 Å². The van der Waals surface area contributed by atoms with Gasteiger partial charge in [-0.05, 0) is 19.1 Å². The lowest BCUT2D eigenvalue weighted by Gasteiger charge is -2.25. The first-order valence-corrected chi connectivity index (χ1v) is 6.52. The number of hydrogen-bond donors (Lipinski definition) is 1. The summed E-state index contributed by atoms with van der Waals surface area (Å²) < 4.78 is 5.16. The number of hydrogen-bond acceptors (Lipinski definition) is 5. The van der Waals surface area contributed by atoms with Crippen LogP contribution in [0.25, 0.3) is 0 Å². The summed E-state index contributed by atoms with van der Waals surface area (Å²) in [6.07, 6.45) is 1.28. The Morgan fingerprint density at radius 3 is 2.82 bits per heavy atom. The summed E-state index contributed by atoms with van der Waals surface area (Å²) in [6.45, 7) is 1.68. The van der Waals surface area contributed by atoms with E-state index in [-0.39, 0.29) is 30.4 Å². The van der Waals surface area contributed by atoms with E-state index in [0.29, 0.717) is 25.0 Å². The minimum absolute atomic E-state index is 0.0269. The van der Waals surface area contributed by atoms with Crippen molar-refractivity contribution in [1.29, 1.82) is 0 Å². The van der Waals surface area contributed by atoms with Gasteiger partial charge in [0.2, 0.25) is 0 Å². The molecule has 2 unspecified atom stereocenters. The van der Waals surface area contributed by atoms with E-state index in [1.54, 1.807) is 6.92 Å². The molecule has 0 aliphatic heterocycles. The molecule has 4 nitrogen and oxygen atoms in total. The molecule has 0 aromatic rings. The molecule has 0 bridgehead atoms. The van der Waals surface area contributed by atoms with E-state index >= 15 is 0 Å². The van der Waals surface area contributed by atoms with Crippen LogP contribution in [0.1, 0.15) is 39.0 Å². The third kappa shape index (κ3) is 4.50. The molecular formula is C12H18O4S. The molecule has 0 aromatic carbocycles. The van der Waals surface area contributed by atoms with E-state index in [1.165, 1.54) is 0 Å². The van der Waals surface area contributed by atoms with Crippen LogP contribution in [0.4, 0.5) is 0 Å². The van der Waals surface area contributed by atoms with Crippen LogP contribution in [0.2, 0.25) is 0 Å². The van der Waals surface area contributed by atoms with Crippen molar-refractivity contribution in [2.24, 2.45) is 5.92 Å². The Morgan fingerprint density at radius 1 is 1.47 bits per heavy atom. The molecule has 1 saturated carbocycles. The normalized spacial score (nSPS) is 22.4. The van der Waals surface area contributed by atoms with Crippen molar-refractivity contribution >= 4 is 30.2 Å². The fraction of sp³-hybridized carbons (Fsp3) is 0.750. The molecule has 96 valence electrons. The number of ketones is 2. The van der Waals surface area contributed by atoms with Crippen molar-refractivity contribution in [2.75, 3.05) is 5.75 Å². The van der Waals surface area contributed by atoms with E-state index in [4.69, 9.17) is 4.74 Å². The van der Waals surface area contributed by atoms with Crippen molar-refractivity contribution in [2.45, 2.75) is 45.1 Å². The maximum atomic E-state index is 11.6. The van der Waals surface area contributed by atoms with Gasteiger partial charge in [-0.2, -0.15) is 12.6 Å². The third-order valence-corrected chi connectivity index (χ3v) is 3.25. The first-order chi connectivity index (χ1) is 8.04. The number of esters is 1. The Bertz CT molecular complexity index is 314. The van der Waals surface area contributed by atoms with Gasteiger partial charge in [0.05, 0.1) is 5.92 Å². The highest BCUT2D eigenvalue weighted by Crippen LogP contribution is 2.23. The van der Waals surface area contributed by atoms with Crippen LogP contribution in [0, 0.1) is 5.92 Å². The maximum Gasteiger partial charge on any atom is 0.306 e. The van der Waals surface area contributed by atoms with Gasteiger partial charge < -0.3 is 4.74 Å². The van der Waals surface area contributed by atoms with Crippen LogP contribution < -0.4 is 0 Å². The molecule has 2 atom stereocenters. The van der Waals surface area contributed by atoms with E-state index in [0.717, 1.165) is 0 Å². The molecule has 0 saturated heterocycles. The zero-order valence-corrected chi connectivity index (χ0v) is 10.9. The Labute approximate surface area is 107 Å². The molecule has 0 heterocycles. The SMILES string of the molecule is CC(OC(=O)CCCS)C1CC(=O)CCC1=O. The summed E-state index contributed by atoms with van der Waals surface area (Å²) in [5.41, 5.74) is 0. The Kier molecular flexibility index (Phi) is 5.68. The second-order valence-corrected chi connectivity index (χ2v) is 4.78. The molecule has 5 heteroatoms. The summed E-state index contributed by atoms with van der Waals surface area (Å²) in [5, 5.41) is 0. The van der Waals surface area contributed by atoms with Crippen molar-refractivity contribution < 1.29 is 19.1 Å². The van der Waals surface area contributed by atoms with Gasteiger partial charge in [-0.25, -0.2) is 0 Å². The van der Waals surface area contributed by atoms with Crippen molar-refractivity contribution in [3.8, 4) is 0 Å². The number of Topliss-reactive ketones (excluding diaryl/α,β-unsaturated/α-hetero) is 2. The van der Waals surface area contributed by atoms with Crippen LogP contribution in [-0.2, 0) is 19.1 Å². The molecular weight excluding hydrogens is 240 g/mol. The standard InChI is InChI=1S/C12H18O4S/c1-8(16-12(15)3-2-6-17)10-7-9(13)4-5-11(10)14/h8,10,17H,2-7H2,1H3.